The number of terminal acetylenes is 1. The molecule has 0 aliphatic carbocycles. The number of ether oxygens (including phenoxy) is 1. The average Bonchev–Trinajstić information content (AvgIpc) is 3.16. The largest absolute Gasteiger partial charge is 0.394 e. The molecule has 144 valence electrons. The highest BCUT2D eigenvalue weighted by Gasteiger charge is 2.56. The van der Waals surface area contributed by atoms with E-state index in [1.807, 2.05) is 0 Å². The van der Waals surface area contributed by atoms with Gasteiger partial charge >= 0.3 is 0 Å². The van der Waals surface area contributed by atoms with Crippen molar-refractivity contribution in [1.29, 1.82) is 0 Å². The minimum atomic E-state index is -2.16. The number of carbonyl (C=O) groups excluding carboxylic acids is 1. The highest BCUT2D eigenvalue weighted by molar-refractivity contribution is 5.91. The number of anilines is 1. The Kier molecular flexibility index (Phi) is 4.73. The number of aromatic nitrogens is 4. The zero-order chi connectivity index (χ0) is 19.9. The van der Waals surface area contributed by atoms with E-state index in [2.05, 4.69) is 26.2 Å². The van der Waals surface area contributed by atoms with E-state index in [4.69, 9.17) is 11.2 Å². The van der Waals surface area contributed by atoms with Gasteiger partial charge in [-0.1, -0.05) is 13.8 Å². The second-order valence-electron chi connectivity index (χ2n) is 6.42. The third-order valence-electron chi connectivity index (χ3n) is 4.30. The van der Waals surface area contributed by atoms with E-state index >= 15 is 0 Å². The summed E-state index contributed by atoms with van der Waals surface area (Å²) in [5, 5.41) is 21.6. The van der Waals surface area contributed by atoms with E-state index in [1.54, 1.807) is 13.8 Å². The van der Waals surface area contributed by atoms with E-state index in [0.29, 0.717) is 0 Å². The number of H-pyrrole nitrogens is 1. The van der Waals surface area contributed by atoms with E-state index < -0.39 is 42.2 Å². The molecule has 3 heterocycles. The standard InChI is InChI=1S/C16H18FN5O5/c1-4-16(11(17)10(24)8(5-23)27-16)22-6-18-9-12(22)19-15(21-14(9)26)20-13(25)7(2)3/h1,6-8,10-11,23-24H,5H2,2-3H3,(H2,19,20,21,25,26)/t8-,10-,11-,16-/m1/s1. The van der Waals surface area contributed by atoms with Gasteiger partial charge in [0.2, 0.25) is 17.6 Å². The monoisotopic (exact) mass is 379 g/mol. The molecule has 1 saturated heterocycles. The Morgan fingerprint density at radius 1 is 1.63 bits per heavy atom. The molecule has 4 atom stereocenters. The molecule has 0 saturated carbocycles. The van der Waals surface area contributed by atoms with Crippen LogP contribution < -0.4 is 10.9 Å². The van der Waals surface area contributed by atoms with Crippen molar-refractivity contribution in [3.05, 3.63) is 16.7 Å². The second kappa shape index (κ2) is 6.73. The van der Waals surface area contributed by atoms with Crippen LogP contribution in [-0.2, 0) is 15.3 Å². The molecule has 0 spiro atoms. The molecule has 0 radical (unpaired) electrons. The van der Waals surface area contributed by atoms with E-state index in [1.165, 1.54) is 0 Å². The van der Waals surface area contributed by atoms with Gasteiger partial charge in [0.1, 0.15) is 18.5 Å². The number of alkyl halides is 1. The van der Waals surface area contributed by atoms with Crippen LogP contribution in [0.15, 0.2) is 11.1 Å². The number of aromatic amines is 1. The van der Waals surface area contributed by atoms with Crippen LogP contribution >= 0.6 is 0 Å². The quantitative estimate of drug-likeness (QED) is 0.504. The van der Waals surface area contributed by atoms with Crippen molar-refractivity contribution in [2.45, 2.75) is 38.0 Å². The highest BCUT2D eigenvalue weighted by atomic mass is 19.1. The Bertz CT molecular complexity index is 980. The first-order chi connectivity index (χ1) is 12.7. The van der Waals surface area contributed by atoms with Crippen LogP contribution in [0.5, 0.6) is 0 Å². The first-order valence-electron chi connectivity index (χ1n) is 8.12. The van der Waals surface area contributed by atoms with Gasteiger partial charge in [0.05, 0.1) is 6.61 Å². The summed E-state index contributed by atoms with van der Waals surface area (Å²) < 4.78 is 21.2. The van der Waals surface area contributed by atoms with Crippen LogP contribution in [0.4, 0.5) is 10.3 Å². The number of hydrogen-bond donors (Lipinski definition) is 4. The van der Waals surface area contributed by atoms with Crippen LogP contribution in [0.2, 0.25) is 0 Å². The summed E-state index contributed by atoms with van der Waals surface area (Å²) in [5.74, 6) is 1.19. The Morgan fingerprint density at radius 2 is 2.33 bits per heavy atom. The number of carbonyl (C=O) groups is 1. The van der Waals surface area contributed by atoms with Gasteiger partial charge in [-0.2, -0.15) is 4.98 Å². The topological polar surface area (TPSA) is 142 Å². The number of nitrogens with zero attached hydrogens (tertiary/aromatic N) is 3. The van der Waals surface area contributed by atoms with Crippen LogP contribution in [0.25, 0.3) is 11.2 Å². The predicted molar refractivity (Wildman–Crippen MR) is 91.3 cm³/mol. The van der Waals surface area contributed by atoms with Crippen molar-refractivity contribution >= 4 is 23.0 Å². The molecule has 0 aromatic carbocycles. The summed E-state index contributed by atoms with van der Waals surface area (Å²) >= 11 is 0. The Labute approximate surface area is 152 Å². The smallest absolute Gasteiger partial charge is 0.280 e. The molecule has 27 heavy (non-hydrogen) atoms. The lowest BCUT2D eigenvalue weighted by atomic mass is 10.0. The third-order valence-corrected chi connectivity index (χ3v) is 4.30. The van der Waals surface area contributed by atoms with Gasteiger partial charge in [-0.25, -0.2) is 9.37 Å². The molecular weight excluding hydrogens is 361 g/mol. The van der Waals surface area contributed by atoms with Gasteiger partial charge in [0.25, 0.3) is 5.56 Å². The fourth-order valence-corrected chi connectivity index (χ4v) is 2.78. The molecule has 1 aliphatic rings. The van der Waals surface area contributed by atoms with Crippen molar-refractivity contribution in [1.82, 2.24) is 19.5 Å². The molecular formula is C16H18FN5O5. The minimum Gasteiger partial charge on any atom is -0.394 e. The number of amides is 1. The Balaban J connectivity index is 2.15. The Hall–Kier alpha value is -2.81. The molecule has 2 aromatic rings. The number of aliphatic hydroxyl groups excluding tert-OH is 2. The number of halogens is 1. The van der Waals surface area contributed by atoms with E-state index in [0.717, 1.165) is 10.9 Å². The maximum atomic E-state index is 14.8. The van der Waals surface area contributed by atoms with Crippen LogP contribution in [0.3, 0.4) is 0 Å². The summed E-state index contributed by atoms with van der Waals surface area (Å²) in [5.41, 5.74) is -3.16. The van der Waals surface area contributed by atoms with Gasteiger partial charge in [-0.05, 0) is 5.92 Å². The normalized spacial score (nSPS) is 27.8. The number of hydrogen-bond acceptors (Lipinski definition) is 7. The molecule has 0 bridgehead atoms. The van der Waals surface area contributed by atoms with E-state index in [9.17, 15) is 24.2 Å². The maximum absolute atomic E-state index is 14.8. The number of rotatable bonds is 4. The number of imidazole rings is 1. The van der Waals surface area contributed by atoms with Crippen molar-refractivity contribution in [3.8, 4) is 12.3 Å². The van der Waals surface area contributed by atoms with Crippen LogP contribution in [0.1, 0.15) is 13.8 Å². The molecule has 1 aliphatic heterocycles. The van der Waals surface area contributed by atoms with Crippen molar-refractivity contribution in [2.75, 3.05) is 11.9 Å². The lowest BCUT2D eigenvalue weighted by molar-refractivity contribution is -0.118. The summed E-state index contributed by atoms with van der Waals surface area (Å²) in [4.78, 5) is 34.4. The SMILES string of the molecule is C#C[C@@]1(n2cnc3c(=O)[nH]c(NC(=O)C(C)C)nc32)O[C@H](CO)[C@@H](O)[C@H]1F. The third kappa shape index (κ3) is 2.87. The first-order valence-corrected chi connectivity index (χ1v) is 8.12. The number of aliphatic hydroxyl groups is 2. The zero-order valence-electron chi connectivity index (χ0n) is 14.5. The average molecular weight is 379 g/mol. The summed E-state index contributed by atoms with van der Waals surface area (Å²) in [6.45, 7) is 2.64. The van der Waals surface area contributed by atoms with Crippen LogP contribution in [-0.4, -0.2) is 60.6 Å². The maximum Gasteiger partial charge on any atom is 0.280 e. The van der Waals surface area contributed by atoms with Crippen molar-refractivity contribution < 1.29 is 24.1 Å². The van der Waals surface area contributed by atoms with Gasteiger partial charge in [0, 0.05) is 5.92 Å². The van der Waals surface area contributed by atoms with Gasteiger partial charge in [-0.3, -0.25) is 24.5 Å². The zero-order valence-corrected chi connectivity index (χ0v) is 14.5. The molecule has 1 fully saturated rings. The summed E-state index contributed by atoms with van der Waals surface area (Å²) in [7, 11) is 0. The summed E-state index contributed by atoms with van der Waals surface area (Å²) in [6.07, 6.45) is 1.46. The van der Waals surface area contributed by atoms with Crippen molar-refractivity contribution in [2.24, 2.45) is 5.92 Å². The molecule has 11 heteroatoms. The van der Waals surface area contributed by atoms with Crippen LogP contribution in [0, 0.1) is 18.3 Å². The lowest BCUT2D eigenvalue weighted by Crippen LogP contribution is -2.41. The molecule has 3 rings (SSSR count). The van der Waals surface area contributed by atoms with Gasteiger partial charge < -0.3 is 14.9 Å². The van der Waals surface area contributed by atoms with Crippen molar-refractivity contribution in [3.63, 3.8) is 0 Å². The molecule has 10 nitrogen and oxygen atoms in total. The number of fused-ring (bicyclic) bond motifs is 1. The fraction of sp³-hybridized carbons (Fsp3) is 0.500. The first kappa shape index (κ1) is 19.0. The molecule has 0 unspecified atom stereocenters. The van der Waals surface area contributed by atoms with E-state index in [-0.39, 0.29) is 23.0 Å². The summed E-state index contributed by atoms with van der Waals surface area (Å²) in [6, 6.07) is 0. The molecule has 4 N–H and O–H groups in total. The predicted octanol–water partition coefficient (Wildman–Crippen LogP) is -0.910. The Morgan fingerprint density at radius 3 is 2.89 bits per heavy atom. The molecule has 2 aromatic heterocycles. The second-order valence-corrected chi connectivity index (χ2v) is 6.42. The number of nitrogens with one attached hydrogen (secondary N) is 2. The highest BCUT2D eigenvalue weighted by Crippen LogP contribution is 2.38. The van der Waals surface area contributed by atoms with Gasteiger partial charge in [0.15, 0.2) is 17.3 Å². The fourth-order valence-electron chi connectivity index (χ4n) is 2.78. The lowest BCUT2D eigenvalue weighted by Gasteiger charge is -2.26. The minimum absolute atomic E-state index is 0.149. The van der Waals surface area contributed by atoms with Gasteiger partial charge in [-0.15, -0.1) is 6.42 Å². The molecule has 1 amide bonds.